The number of unbranched alkanes of at least 4 members (excludes halogenated alkanes) is 2. The Bertz CT molecular complexity index is 984. The van der Waals surface area contributed by atoms with Crippen molar-refractivity contribution in [2.45, 2.75) is 66.7 Å². The summed E-state index contributed by atoms with van der Waals surface area (Å²) >= 11 is 0. The topological polar surface area (TPSA) is 72.2 Å². The van der Waals surface area contributed by atoms with Gasteiger partial charge in [0.1, 0.15) is 11.6 Å². The van der Waals surface area contributed by atoms with Gasteiger partial charge in [0.25, 0.3) is 0 Å². The molecule has 3 aromatic rings. The zero-order chi connectivity index (χ0) is 20.3. The van der Waals surface area contributed by atoms with Crippen LogP contribution in [-0.4, -0.2) is 31.9 Å². The first-order valence-electron chi connectivity index (χ1n) is 10.1. The summed E-state index contributed by atoms with van der Waals surface area (Å²) in [4.78, 5) is 16.7. The Labute approximate surface area is 166 Å². The van der Waals surface area contributed by atoms with Crippen LogP contribution in [0.1, 0.15) is 64.3 Å². The van der Waals surface area contributed by atoms with Crippen molar-refractivity contribution in [3.8, 4) is 0 Å². The van der Waals surface area contributed by atoms with Crippen LogP contribution in [0, 0.1) is 19.3 Å². The van der Waals surface area contributed by atoms with Crippen LogP contribution in [0.15, 0.2) is 18.2 Å². The molecule has 0 bridgehead atoms. The molecule has 1 N–H and O–H groups in total. The number of aromatic nitrogens is 4. The van der Waals surface area contributed by atoms with Crippen molar-refractivity contribution in [3.63, 3.8) is 0 Å². The van der Waals surface area contributed by atoms with Crippen molar-refractivity contribution in [2.24, 2.45) is 5.41 Å². The fourth-order valence-electron chi connectivity index (χ4n) is 3.51. The summed E-state index contributed by atoms with van der Waals surface area (Å²) < 4.78 is 2.06. The van der Waals surface area contributed by atoms with Crippen molar-refractivity contribution >= 4 is 28.3 Å². The SMILES string of the molecule is Cc1ccc2nc(NCCCCCC(=O)CC(C)(C)C)c3nnc(C)n3c2c1. The first-order valence-corrected chi connectivity index (χ1v) is 10.1. The Morgan fingerprint density at radius 3 is 2.64 bits per heavy atom. The molecule has 0 aliphatic rings. The number of hydrogen-bond acceptors (Lipinski definition) is 5. The second kappa shape index (κ2) is 8.25. The van der Waals surface area contributed by atoms with Gasteiger partial charge in [-0.25, -0.2) is 4.98 Å². The summed E-state index contributed by atoms with van der Waals surface area (Å²) in [5, 5.41) is 12.0. The molecule has 0 radical (unpaired) electrons. The van der Waals surface area contributed by atoms with E-state index in [1.54, 1.807) is 0 Å². The highest BCUT2D eigenvalue weighted by molar-refractivity contribution is 5.83. The number of Topliss-reactive ketones (excluding diaryl/α,β-unsaturated/α-hetero) is 1. The van der Waals surface area contributed by atoms with E-state index in [1.165, 1.54) is 5.56 Å². The van der Waals surface area contributed by atoms with Crippen molar-refractivity contribution in [2.75, 3.05) is 11.9 Å². The third-order valence-electron chi connectivity index (χ3n) is 4.79. The lowest BCUT2D eigenvalue weighted by atomic mass is 9.88. The first kappa shape index (κ1) is 20.2. The van der Waals surface area contributed by atoms with Crippen LogP contribution >= 0.6 is 0 Å². The molecule has 0 aliphatic carbocycles. The number of carbonyl (C=O) groups excluding carboxylic acids is 1. The standard InChI is InChI=1S/C22H31N5O/c1-15-10-11-18-19(13-15)27-16(2)25-26-21(27)20(24-18)23-12-8-6-7-9-17(28)14-22(3,4)5/h10-11,13H,6-9,12,14H2,1-5H3,(H,23,24). The maximum Gasteiger partial charge on any atom is 0.204 e. The lowest BCUT2D eigenvalue weighted by molar-refractivity contribution is -0.120. The largest absolute Gasteiger partial charge is 0.367 e. The summed E-state index contributed by atoms with van der Waals surface area (Å²) in [7, 11) is 0. The highest BCUT2D eigenvalue weighted by atomic mass is 16.1. The molecule has 3 rings (SSSR count). The highest BCUT2D eigenvalue weighted by Crippen LogP contribution is 2.23. The normalized spacial score (nSPS) is 12.0. The monoisotopic (exact) mass is 381 g/mol. The van der Waals surface area contributed by atoms with E-state index in [0.717, 1.165) is 54.1 Å². The quantitative estimate of drug-likeness (QED) is 0.564. The number of fused-ring (bicyclic) bond motifs is 3. The molecule has 6 heteroatoms. The predicted molar refractivity (Wildman–Crippen MR) is 114 cm³/mol. The summed E-state index contributed by atoms with van der Waals surface area (Å²) in [5.41, 5.74) is 3.98. The van der Waals surface area contributed by atoms with Crippen LogP contribution in [0.3, 0.4) is 0 Å². The average Bonchev–Trinajstić information content (AvgIpc) is 2.99. The fourth-order valence-corrected chi connectivity index (χ4v) is 3.51. The van der Waals surface area contributed by atoms with Crippen LogP contribution in [0.2, 0.25) is 0 Å². The van der Waals surface area contributed by atoms with Gasteiger partial charge < -0.3 is 5.32 Å². The Morgan fingerprint density at radius 1 is 1.11 bits per heavy atom. The molecular formula is C22H31N5O. The summed E-state index contributed by atoms with van der Waals surface area (Å²) in [5.74, 6) is 1.99. The number of aryl methyl sites for hydroxylation is 2. The van der Waals surface area contributed by atoms with E-state index in [9.17, 15) is 4.79 Å². The Hall–Kier alpha value is -2.50. The van der Waals surface area contributed by atoms with Gasteiger partial charge in [-0.3, -0.25) is 9.20 Å². The number of nitrogens with one attached hydrogen (secondary N) is 1. The van der Waals surface area contributed by atoms with E-state index >= 15 is 0 Å². The van der Waals surface area contributed by atoms with Gasteiger partial charge >= 0.3 is 0 Å². The van der Waals surface area contributed by atoms with Crippen molar-refractivity contribution in [1.82, 2.24) is 19.6 Å². The molecule has 6 nitrogen and oxygen atoms in total. The minimum Gasteiger partial charge on any atom is -0.367 e. The number of ketones is 1. The third kappa shape index (κ3) is 4.86. The predicted octanol–water partition coefficient (Wildman–Crippen LogP) is 4.87. The van der Waals surface area contributed by atoms with Gasteiger partial charge in [-0.1, -0.05) is 33.3 Å². The molecule has 0 saturated heterocycles. The van der Waals surface area contributed by atoms with E-state index in [-0.39, 0.29) is 5.41 Å². The average molecular weight is 382 g/mol. The molecule has 0 spiro atoms. The zero-order valence-corrected chi connectivity index (χ0v) is 17.7. The molecule has 0 unspecified atom stereocenters. The van der Waals surface area contributed by atoms with E-state index in [4.69, 9.17) is 4.98 Å². The van der Waals surface area contributed by atoms with Gasteiger partial charge in [-0.2, -0.15) is 0 Å². The first-order chi connectivity index (χ1) is 13.2. The molecular weight excluding hydrogens is 350 g/mol. The highest BCUT2D eigenvalue weighted by Gasteiger charge is 2.15. The number of benzene rings is 1. The number of carbonyl (C=O) groups is 1. The second-order valence-electron chi connectivity index (χ2n) is 8.87. The lowest BCUT2D eigenvalue weighted by Gasteiger charge is -2.16. The van der Waals surface area contributed by atoms with E-state index in [2.05, 4.69) is 59.7 Å². The lowest BCUT2D eigenvalue weighted by Crippen LogP contribution is -2.12. The number of hydrogen-bond donors (Lipinski definition) is 1. The van der Waals surface area contributed by atoms with Crippen LogP contribution in [0.5, 0.6) is 0 Å². The van der Waals surface area contributed by atoms with Gasteiger partial charge in [0.15, 0.2) is 5.82 Å². The van der Waals surface area contributed by atoms with Crippen LogP contribution < -0.4 is 5.32 Å². The van der Waals surface area contributed by atoms with Crippen LogP contribution in [0.25, 0.3) is 16.7 Å². The second-order valence-corrected chi connectivity index (χ2v) is 8.87. The fraction of sp³-hybridized carbons (Fsp3) is 0.545. The molecule has 2 heterocycles. The van der Waals surface area contributed by atoms with Crippen LogP contribution in [-0.2, 0) is 4.79 Å². The van der Waals surface area contributed by atoms with Crippen LogP contribution in [0.4, 0.5) is 5.82 Å². The molecule has 0 atom stereocenters. The summed E-state index contributed by atoms with van der Waals surface area (Å²) in [6.07, 6.45) is 4.31. The molecule has 0 saturated carbocycles. The molecule has 0 amide bonds. The minimum absolute atomic E-state index is 0.0840. The number of rotatable bonds is 8. The van der Waals surface area contributed by atoms with Crippen molar-refractivity contribution in [1.29, 1.82) is 0 Å². The number of nitrogens with zero attached hydrogens (tertiary/aromatic N) is 4. The minimum atomic E-state index is 0.0840. The smallest absolute Gasteiger partial charge is 0.204 e. The van der Waals surface area contributed by atoms with Gasteiger partial charge in [-0.05, 0) is 49.8 Å². The van der Waals surface area contributed by atoms with Gasteiger partial charge in [0, 0.05) is 19.4 Å². The maximum atomic E-state index is 12.0. The van der Waals surface area contributed by atoms with E-state index in [0.29, 0.717) is 18.6 Å². The Morgan fingerprint density at radius 2 is 1.89 bits per heavy atom. The number of anilines is 1. The van der Waals surface area contributed by atoms with E-state index < -0.39 is 0 Å². The van der Waals surface area contributed by atoms with Gasteiger partial charge in [0.2, 0.25) is 5.65 Å². The molecule has 0 aliphatic heterocycles. The van der Waals surface area contributed by atoms with Crippen molar-refractivity contribution < 1.29 is 4.79 Å². The third-order valence-corrected chi connectivity index (χ3v) is 4.79. The molecule has 0 fully saturated rings. The molecule has 2 aromatic heterocycles. The Balaban J connectivity index is 1.59. The molecule has 1 aromatic carbocycles. The summed E-state index contributed by atoms with van der Waals surface area (Å²) in [6, 6.07) is 6.22. The van der Waals surface area contributed by atoms with Gasteiger partial charge in [0.05, 0.1) is 11.0 Å². The Kier molecular flexibility index (Phi) is 5.96. The summed E-state index contributed by atoms with van der Waals surface area (Å²) in [6.45, 7) is 11.2. The van der Waals surface area contributed by atoms with E-state index in [1.807, 2.05) is 13.0 Å². The molecule has 150 valence electrons. The zero-order valence-electron chi connectivity index (χ0n) is 17.7. The molecule has 28 heavy (non-hydrogen) atoms. The van der Waals surface area contributed by atoms with Crippen molar-refractivity contribution in [3.05, 3.63) is 29.6 Å². The maximum absolute atomic E-state index is 12.0. The van der Waals surface area contributed by atoms with Gasteiger partial charge in [-0.15, -0.1) is 10.2 Å².